The number of rotatable bonds is 62. The van der Waals surface area contributed by atoms with Gasteiger partial charge in [-0.25, -0.2) is 0 Å². The van der Waals surface area contributed by atoms with E-state index in [2.05, 4.69) is 154 Å². The molecular formula is C77H128O6. The largest absolute Gasteiger partial charge is 0.462 e. The number of carbonyl (C=O) groups is 3. The van der Waals surface area contributed by atoms with Gasteiger partial charge in [0.1, 0.15) is 13.2 Å². The molecule has 0 aromatic rings. The molecule has 0 aliphatic rings. The third-order valence-corrected chi connectivity index (χ3v) is 14.6. The topological polar surface area (TPSA) is 78.9 Å². The molecule has 6 heteroatoms. The van der Waals surface area contributed by atoms with Gasteiger partial charge >= 0.3 is 17.9 Å². The molecule has 0 aromatic heterocycles. The van der Waals surface area contributed by atoms with Gasteiger partial charge in [0.05, 0.1) is 0 Å². The molecule has 0 spiro atoms. The summed E-state index contributed by atoms with van der Waals surface area (Å²) in [7, 11) is 0. The third-order valence-electron chi connectivity index (χ3n) is 14.6. The summed E-state index contributed by atoms with van der Waals surface area (Å²) in [5.74, 6) is -0.944. The molecule has 0 aromatic carbocycles. The molecule has 0 rings (SSSR count). The molecule has 0 aliphatic carbocycles. The van der Waals surface area contributed by atoms with Crippen LogP contribution >= 0.6 is 0 Å². The molecule has 1 unspecified atom stereocenters. The van der Waals surface area contributed by atoms with Gasteiger partial charge in [-0.05, 0) is 135 Å². The molecule has 0 heterocycles. The highest BCUT2D eigenvalue weighted by atomic mass is 16.6. The van der Waals surface area contributed by atoms with E-state index < -0.39 is 6.10 Å². The van der Waals surface area contributed by atoms with Crippen LogP contribution in [-0.2, 0) is 28.6 Å². The maximum absolute atomic E-state index is 12.9. The lowest BCUT2D eigenvalue weighted by molar-refractivity contribution is -0.167. The van der Waals surface area contributed by atoms with Crippen LogP contribution in [0, 0.1) is 0 Å². The van der Waals surface area contributed by atoms with E-state index in [9.17, 15) is 14.4 Å². The molecule has 0 fully saturated rings. The number of hydrogen-bond donors (Lipinski definition) is 0. The highest BCUT2D eigenvalue weighted by Gasteiger charge is 2.19. The maximum Gasteiger partial charge on any atom is 0.306 e. The van der Waals surface area contributed by atoms with Crippen LogP contribution in [0.1, 0.15) is 316 Å². The fraction of sp³-hybridized carbons (Fsp3) is 0.675. The predicted octanol–water partition coefficient (Wildman–Crippen LogP) is 24.1. The van der Waals surface area contributed by atoms with Gasteiger partial charge in [0, 0.05) is 19.3 Å². The van der Waals surface area contributed by atoms with Gasteiger partial charge in [-0.3, -0.25) is 14.4 Å². The zero-order valence-corrected chi connectivity index (χ0v) is 54.2. The quantitative estimate of drug-likeness (QED) is 0.0261. The van der Waals surface area contributed by atoms with E-state index in [1.54, 1.807) is 0 Å². The average molecular weight is 1150 g/mol. The van der Waals surface area contributed by atoms with Gasteiger partial charge in [0.2, 0.25) is 0 Å². The first-order chi connectivity index (χ1) is 41.0. The van der Waals surface area contributed by atoms with E-state index >= 15 is 0 Å². The van der Waals surface area contributed by atoms with Crippen molar-refractivity contribution in [2.75, 3.05) is 13.2 Å². The molecule has 472 valence electrons. The second kappa shape index (κ2) is 70.0. The van der Waals surface area contributed by atoms with Crippen molar-refractivity contribution in [1.82, 2.24) is 0 Å². The number of esters is 3. The first-order valence-corrected chi connectivity index (χ1v) is 34.7. The maximum atomic E-state index is 12.9. The smallest absolute Gasteiger partial charge is 0.306 e. The number of hydrogen-bond acceptors (Lipinski definition) is 6. The number of carbonyl (C=O) groups excluding carboxylic acids is 3. The monoisotopic (exact) mass is 1150 g/mol. The van der Waals surface area contributed by atoms with Gasteiger partial charge in [-0.1, -0.05) is 296 Å². The van der Waals surface area contributed by atoms with Crippen molar-refractivity contribution in [3.05, 3.63) is 134 Å². The van der Waals surface area contributed by atoms with E-state index in [1.165, 1.54) is 141 Å². The third kappa shape index (κ3) is 68.2. The lowest BCUT2D eigenvalue weighted by Gasteiger charge is -2.18. The first kappa shape index (κ1) is 78.5. The molecule has 0 amide bonds. The standard InChI is InChI=1S/C77H128O6/c1-4-7-10-13-16-19-22-25-28-30-32-34-35-36-37-38-39-40-41-43-44-46-49-52-55-58-61-64-67-70-76(79)82-73-74(72-81-75(78)69-66-63-60-57-54-51-48-27-24-21-18-15-12-9-6-3)83-77(80)71-68-65-62-59-56-53-50-47-45-42-33-31-29-26-23-20-17-14-11-8-5-2/h7-8,10-11,16-17,19-20,25-29,32-34,42,47-48,50,56,59,74H,4-6,9,12-15,18,21-24,30-31,35-41,43-46,49,51-55,57-58,60-73H2,1-3H3/b10-7-,11-8-,19-16-,20-17-,28-25-,29-26-,34-32-,42-33-,48-27-,50-47-,59-56-. The highest BCUT2D eigenvalue weighted by molar-refractivity contribution is 5.71. The zero-order chi connectivity index (χ0) is 59.9. The van der Waals surface area contributed by atoms with Crippen LogP contribution in [0.2, 0.25) is 0 Å². The Balaban J connectivity index is 4.36. The van der Waals surface area contributed by atoms with Gasteiger partial charge in [-0.2, -0.15) is 0 Å². The van der Waals surface area contributed by atoms with Gasteiger partial charge in [0.25, 0.3) is 0 Å². The van der Waals surface area contributed by atoms with E-state index in [0.717, 1.165) is 128 Å². The van der Waals surface area contributed by atoms with Crippen molar-refractivity contribution in [1.29, 1.82) is 0 Å². The van der Waals surface area contributed by atoms with Crippen molar-refractivity contribution in [2.45, 2.75) is 322 Å². The van der Waals surface area contributed by atoms with E-state index in [0.29, 0.717) is 19.3 Å². The van der Waals surface area contributed by atoms with Crippen LogP contribution in [0.15, 0.2) is 134 Å². The second-order valence-electron chi connectivity index (χ2n) is 22.7. The van der Waals surface area contributed by atoms with E-state index in [4.69, 9.17) is 14.2 Å². The summed E-state index contributed by atoms with van der Waals surface area (Å²) < 4.78 is 16.9. The van der Waals surface area contributed by atoms with Crippen molar-refractivity contribution < 1.29 is 28.6 Å². The lowest BCUT2D eigenvalue weighted by atomic mass is 10.0. The summed E-state index contributed by atoms with van der Waals surface area (Å²) in [4.78, 5) is 38.4. The summed E-state index contributed by atoms with van der Waals surface area (Å²) in [5, 5.41) is 0. The predicted molar refractivity (Wildman–Crippen MR) is 362 cm³/mol. The molecule has 0 saturated carbocycles. The summed E-state index contributed by atoms with van der Waals surface area (Å²) in [6, 6.07) is 0. The Labute approximate surface area is 513 Å². The molecule has 6 nitrogen and oxygen atoms in total. The van der Waals surface area contributed by atoms with Crippen LogP contribution in [0.5, 0.6) is 0 Å². The van der Waals surface area contributed by atoms with Gasteiger partial charge in [0.15, 0.2) is 6.10 Å². The molecule has 0 saturated heterocycles. The van der Waals surface area contributed by atoms with Crippen LogP contribution in [0.4, 0.5) is 0 Å². The Morgan fingerprint density at radius 2 is 0.470 bits per heavy atom. The van der Waals surface area contributed by atoms with Crippen molar-refractivity contribution in [3.63, 3.8) is 0 Å². The van der Waals surface area contributed by atoms with Crippen LogP contribution in [-0.4, -0.2) is 37.2 Å². The Morgan fingerprint density at radius 3 is 0.771 bits per heavy atom. The summed E-state index contributed by atoms with van der Waals surface area (Å²) >= 11 is 0. The summed E-state index contributed by atoms with van der Waals surface area (Å²) in [6.07, 6.45) is 99.0. The molecule has 0 bridgehead atoms. The molecule has 0 aliphatic heterocycles. The van der Waals surface area contributed by atoms with Crippen molar-refractivity contribution >= 4 is 17.9 Å². The first-order valence-electron chi connectivity index (χ1n) is 34.7. The van der Waals surface area contributed by atoms with E-state index in [-0.39, 0.29) is 37.5 Å². The fourth-order valence-corrected chi connectivity index (χ4v) is 9.49. The van der Waals surface area contributed by atoms with Gasteiger partial charge in [-0.15, -0.1) is 0 Å². The average Bonchev–Trinajstić information content (AvgIpc) is 3.49. The summed E-state index contributed by atoms with van der Waals surface area (Å²) in [5.41, 5.74) is 0. The number of ether oxygens (including phenoxy) is 3. The highest BCUT2D eigenvalue weighted by Crippen LogP contribution is 2.16. The molecule has 1 atom stereocenters. The SMILES string of the molecule is CC/C=C\C/C=C\C/C=C\C/C=C\C/C=C\C/C=C\CCCCC(=O)OC(COC(=O)CCCCCCC/C=C\CCCCCCCC)COC(=O)CCCCCCCCCCCCCCCCCC/C=C\C/C=C\C/C=C\C/C=C\CC. The Morgan fingerprint density at radius 1 is 0.253 bits per heavy atom. The zero-order valence-electron chi connectivity index (χ0n) is 54.2. The van der Waals surface area contributed by atoms with Crippen molar-refractivity contribution in [2.24, 2.45) is 0 Å². The van der Waals surface area contributed by atoms with E-state index in [1.807, 2.05) is 0 Å². The lowest BCUT2D eigenvalue weighted by Crippen LogP contribution is -2.30. The minimum atomic E-state index is -0.810. The fourth-order valence-electron chi connectivity index (χ4n) is 9.49. The molecule has 83 heavy (non-hydrogen) atoms. The Bertz CT molecular complexity index is 1750. The molecular weight excluding hydrogens is 1020 g/mol. The van der Waals surface area contributed by atoms with Crippen LogP contribution < -0.4 is 0 Å². The second-order valence-corrected chi connectivity index (χ2v) is 22.7. The Kier molecular flexibility index (Phi) is 66.3. The van der Waals surface area contributed by atoms with Crippen LogP contribution in [0.3, 0.4) is 0 Å². The minimum Gasteiger partial charge on any atom is -0.462 e. The minimum absolute atomic E-state index is 0.0996. The van der Waals surface area contributed by atoms with Gasteiger partial charge < -0.3 is 14.2 Å². The molecule has 0 radical (unpaired) electrons. The number of unbranched alkanes of at least 4 members (excludes halogenated alkanes) is 29. The summed E-state index contributed by atoms with van der Waals surface area (Å²) in [6.45, 7) is 6.39. The Hall–Kier alpha value is -4.45. The molecule has 0 N–H and O–H groups in total. The number of allylic oxidation sites excluding steroid dienone is 22. The van der Waals surface area contributed by atoms with Crippen LogP contribution in [0.25, 0.3) is 0 Å². The van der Waals surface area contributed by atoms with Crippen molar-refractivity contribution in [3.8, 4) is 0 Å². The normalized spacial score (nSPS) is 13.0.